The zero-order valence-electron chi connectivity index (χ0n) is 25.5. The summed E-state index contributed by atoms with van der Waals surface area (Å²) >= 11 is 0. The van der Waals surface area contributed by atoms with E-state index in [0.717, 1.165) is 70.8 Å². The van der Waals surface area contributed by atoms with Gasteiger partial charge in [0.25, 0.3) is 5.91 Å². The highest BCUT2D eigenvalue weighted by Crippen LogP contribution is 2.33. The smallest absolute Gasteiger partial charge is 0.254 e. The molecule has 2 aliphatic rings. The number of nitrogens with one attached hydrogen (secondary N) is 1. The van der Waals surface area contributed by atoms with E-state index >= 15 is 0 Å². The molecule has 220 valence electrons. The Morgan fingerprint density at radius 1 is 0.976 bits per heavy atom. The molecule has 0 aromatic heterocycles. The maximum atomic E-state index is 14.5. The van der Waals surface area contributed by atoms with Gasteiger partial charge in [0, 0.05) is 67.3 Å². The van der Waals surface area contributed by atoms with Gasteiger partial charge in [0.05, 0.1) is 11.3 Å². The van der Waals surface area contributed by atoms with Gasteiger partial charge in [-0.05, 0) is 87.9 Å². The molecule has 2 fully saturated rings. The van der Waals surface area contributed by atoms with Gasteiger partial charge >= 0.3 is 0 Å². The molecule has 0 spiro atoms. The Bertz CT molecular complexity index is 1500. The van der Waals surface area contributed by atoms with Gasteiger partial charge in [-0.2, -0.15) is 5.26 Å². The standard InChI is InChI=1S/C35H42FN5O/c1-6-29-30(36)11-9-13-32(29)40-18-19-41(25(4)22-40)35(42)33-23(2)20-24(3)34(26(33)5)38-28-14-16-39(17-15-28)31-12-8-7-10-27(31)21-37/h7-13,20,25,28,38H,6,14-19,22H2,1-5H3/t25-/m0/s1. The first-order valence-electron chi connectivity index (χ1n) is 15.2. The van der Waals surface area contributed by atoms with Crippen molar-refractivity contribution in [1.29, 1.82) is 5.26 Å². The first kappa shape index (κ1) is 29.4. The lowest BCUT2D eigenvalue weighted by molar-refractivity contribution is 0.0672. The van der Waals surface area contributed by atoms with Crippen molar-refractivity contribution in [2.75, 3.05) is 47.8 Å². The number of hydrogen-bond donors (Lipinski definition) is 1. The van der Waals surface area contributed by atoms with Gasteiger partial charge < -0.3 is 20.0 Å². The number of hydrogen-bond acceptors (Lipinski definition) is 5. The first-order valence-corrected chi connectivity index (χ1v) is 15.2. The van der Waals surface area contributed by atoms with Crippen LogP contribution in [0.15, 0.2) is 48.5 Å². The SMILES string of the molecule is CCc1c(F)cccc1N1CCN(C(=O)c2c(C)cc(C)c(NC3CCN(c4ccccc4C#N)CC3)c2C)[C@@H](C)C1. The van der Waals surface area contributed by atoms with E-state index in [2.05, 4.69) is 48.0 Å². The van der Waals surface area contributed by atoms with Crippen molar-refractivity contribution < 1.29 is 9.18 Å². The molecule has 1 atom stereocenters. The van der Waals surface area contributed by atoms with Crippen LogP contribution in [0.4, 0.5) is 21.5 Å². The fourth-order valence-corrected chi connectivity index (χ4v) is 6.86. The summed E-state index contributed by atoms with van der Waals surface area (Å²) < 4.78 is 14.5. The van der Waals surface area contributed by atoms with E-state index < -0.39 is 0 Å². The Morgan fingerprint density at radius 2 is 1.69 bits per heavy atom. The molecule has 1 N–H and O–H groups in total. The average molecular weight is 568 g/mol. The number of anilines is 3. The van der Waals surface area contributed by atoms with Crippen LogP contribution in [-0.2, 0) is 6.42 Å². The molecule has 0 radical (unpaired) electrons. The molecular formula is C35H42FN5O. The van der Waals surface area contributed by atoms with Gasteiger partial charge in [0.1, 0.15) is 11.9 Å². The van der Waals surface area contributed by atoms with Gasteiger partial charge in [-0.3, -0.25) is 4.79 Å². The Hall–Kier alpha value is -4.05. The molecule has 0 unspecified atom stereocenters. The van der Waals surface area contributed by atoms with Crippen LogP contribution in [0, 0.1) is 37.9 Å². The molecule has 7 heteroatoms. The lowest BCUT2D eigenvalue weighted by Gasteiger charge is -2.42. The van der Waals surface area contributed by atoms with Crippen molar-refractivity contribution in [1.82, 2.24) is 4.90 Å². The highest BCUT2D eigenvalue weighted by molar-refractivity contribution is 5.99. The van der Waals surface area contributed by atoms with Crippen molar-refractivity contribution >= 4 is 23.0 Å². The van der Waals surface area contributed by atoms with E-state index in [0.29, 0.717) is 37.7 Å². The van der Waals surface area contributed by atoms with E-state index in [1.54, 1.807) is 6.07 Å². The number of carbonyl (C=O) groups is 1. The Balaban J connectivity index is 1.30. The lowest BCUT2D eigenvalue weighted by Crippen LogP contribution is -2.54. The van der Waals surface area contributed by atoms with Crippen molar-refractivity contribution in [2.45, 2.75) is 66.0 Å². The molecule has 6 nitrogen and oxygen atoms in total. The third kappa shape index (κ3) is 5.68. The van der Waals surface area contributed by atoms with Crippen LogP contribution >= 0.6 is 0 Å². The van der Waals surface area contributed by atoms with Crippen LogP contribution in [0.3, 0.4) is 0 Å². The highest BCUT2D eigenvalue weighted by atomic mass is 19.1. The number of nitriles is 1. The second-order valence-corrected chi connectivity index (χ2v) is 11.8. The molecule has 0 aliphatic carbocycles. The summed E-state index contributed by atoms with van der Waals surface area (Å²) in [6.45, 7) is 14.0. The summed E-state index contributed by atoms with van der Waals surface area (Å²) in [6, 6.07) is 17.8. The second-order valence-electron chi connectivity index (χ2n) is 11.8. The highest BCUT2D eigenvalue weighted by Gasteiger charge is 2.32. The van der Waals surface area contributed by atoms with Crippen molar-refractivity contribution in [3.63, 3.8) is 0 Å². The summed E-state index contributed by atoms with van der Waals surface area (Å²) in [5.41, 5.74) is 8.38. The van der Waals surface area contributed by atoms with E-state index in [4.69, 9.17) is 0 Å². The van der Waals surface area contributed by atoms with Crippen LogP contribution in [0.2, 0.25) is 0 Å². The summed E-state index contributed by atoms with van der Waals surface area (Å²) in [7, 11) is 0. The average Bonchev–Trinajstić information content (AvgIpc) is 2.99. The minimum absolute atomic E-state index is 0.00338. The minimum atomic E-state index is -0.162. The van der Waals surface area contributed by atoms with Crippen LogP contribution in [0.1, 0.15) is 64.9 Å². The van der Waals surface area contributed by atoms with Crippen LogP contribution in [-0.4, -0.2) is 55.6 Å². The molecule has 0 saturated carbocycles. The quantitative estimate of drug-likeness (QED) is 0.363. The van der Waals surface area contributed by atoms with Crippen molar-refractivity contribution in [3.8, 4) is 6.07 Å². The zero-order chi connectivity index (χ0) is 30.0. The van der Waals surface area contributed by atoms with Gasteiger partial charge in [-0.1, -0.05) is 31.2 Å². The molecule has 2 saturated heterocycles. The maximum Gasteiger partial charge on any atom is 0.254 e. The number of piperidine rings is 1. The summed E-state index contributed by atoms with van der Waals surface area (Å²) in [4.78, 5) is 20.6. The number of rotatable bonds is 6. The molecule has 42 heavy (non-hydrogen) atoms. The number of aryl methyl sites for hydroxylation is 2. The third-order valence-electron chi connectivity index (χ3n) is 9.07. The van der Waals surface area contributed by atoms with Crippen LogP contribution < -0.4 is 15.1 Å². The lowest BCUT2D eigenvalue weighted by atomic mass is 9.94. The first-order chi connectivity index (χ1) is 20.2. The number of piperazine rings is 1. The maximum absolute atomic E-state index is 14.5. The number of amides is 1. The Morgan fingerprint density at radius 3 is 2.38 bits per heavy atom. The zero-order valence-corrected chi connectivity index (χ0v) is 25.5. The summed E-state index contributed by atoms with van der Waals surface area (Å²) in [5.74, 6) is -0.0946. The molecule has 2 heterocycles. The van der Waals surface area contributed by atoms with E-state index in [-0.39, 0.29) is 17.8 Å². The summed E-state index contributed by atoms with van der Waals surface area (Å²) in [5, 5.41) is 13.3. The predicted molar refractivity (Wildman–Crippen MR) is 169 cm³/mol. The molecule has 1 amide bonds. The van der Waals surface area contributed by atoms with Crippen molar-refractivity contribution in [3.05, 3.63) is 87.7 Å². The van der Waals surface area contributed by atoms with Crippen LogP contribution in [0.25, 0.3) is 0 Å². The molecule has 3 aromatic rings. The molecular weight excluding hydrogens is 525 g/mol. The fraction of sp³-hybridized carbons (Fsp3) is 0.429. The van der Waals surface area contributed by atoms with Crippen molar-refractivity contribution in [2.24, 2.45) is 0 Å². The van der Waals surface area contributed by atoms with Gasteiger partial charge in [-0.15, -0.1) is 0 Å². The number of benzene rings is 3. The predicted octanol–water partition coefficient (Wildman–Crippen LogP) is 6.62. The topological polar surface area (TPSA) is 62.6 Å². The molecule has 2 aliphatic heterocycles. The van der Waals surface area contributed by atoms with Crippen LogP contribution in [0.5, 0.6) is 0 Å². The second kappa shape index (κ2) is 12.4. The normalized spacial score (nSPS) is 17.7. The van der Waals surface area contributed by atoms with E-state index in [1.807, 2.05) is 49.1 Å². The number of halogens is 1. The summed E-state index contributed by atoms with van der Waals surface area (Å²) in [6.07, 6.45) is 2.54. The van der Waals surface area contributed by atoms with Gasteiger partial charge in [-0.25, -0.2) is 4.39 Å². The Labute approximate surface area is 249 Å². The fourth-order valence-electron chi connectivity index (χ4n) is 6.86. The third-order valence-corrected chi connectivity index (χ3v) is 9.07. The van der Waals surface area contributed by atoms with E-state index in [1.165, 1.54) is 6.07 Å². The number of carbonyl (C=O) groups excluding carboxylic acids is 1. The largest absolute Gasteiger partial charge is 0.382 e. The number of nitrogens with zero attached hydrogens (tertiary/aromatic N) is 4. The minimum Gasteiger partial charge on any atom is -0.382 e. The van der Waals surface area contributed by atoms with Gasteiger partial charge in [0.2, 0.25) is 0 Å². The number of para-hydroxylation sites is 1. The molecule has 5 rings (SSSR count). The van der Waals surface area contributed by atoms with Gasteiger partial charge in [0.15, 0.2) is 0 Å². The molecule has 0 bridgehead atoms. The monoisotopic (exact) mass is 567 g/mol. The Kier molecular flexibility index (Phi) is 8.72. The van der Waals surface area contributed by atoms with E-state index in [9.17, 15) is 14.4 Å². The molecule has 3 aromatic carbocycles.